The van der Waals surface area contributed by atoms with Gasteiger partial charge in [-0.25, -0.2) is 0 Å². The summed E-state index contributed by atoms with van der Waals surface area (Å²) in [6.45, 7) is 0. The molecule has 0 saturated heterocycles. The second kappa shape index (κ2) is 7.08. The molecule has 1 fully saturated rings. The lowest BCUT2D eigenvalue weighted by atomic mass is 9.77. The van der Waals surface area contributed by atoms with Crippen molar-refractivity contribution in [2.45, 2.75) is 17.9 Å². The van der Waals surface area contributed by atoms with Crippen molar-refractivity contribution in [2.75, 3.05) is 5.32 Å². The fraction of sp³-hybridized carbons (Fsp3) is 0.200. The van der Waals surface area contributed by atoms with E-state index in [9.17, 15) is 14.7 Å². The van der Waals surface area contributed by atoms with E-state index in [1.54, 1.807) is 48.5 Å². The molecule has 5 rings (SSSR count). The number of aliphatic hydroxyl groups is 1. The van der Waals surface area contributed by atoms with E-state index in [0.29, 0.717) is 21.8 Å². The first kappa shape index (κ1) is 19.0. The minimum Gasteiger partial charge on any atom is -0.384 e. The molecule has 0 spiro atoms. The fourth-order valence-corrected chi connectivity index (χ4v) is 5.30. The van der Waals surface area contributed by atoms with Gasteiger partial charge in [0, 0.05) is 16.5 Å². The molecule has 1 amide bonds. The molecular weight excluding hydrogens is 398 g/mol. The first-order chi connectivity index (χ1) is 14.5. The van der Waals surface area contributed by atoms with Crippen molar-refractivity contribution in [3.8, 4) is 0 Å². The zero-order valence-electron chi connectivity index (χ0n) is 16.1. The van der Waals surface area contributed by atoms with Gasteiger partial charge in [0.25, 0.3) is 0 Å². The summed E-state index contributed by atoms with van der Waals surface area (Å²) in [6.07, 6.45) is 0.258. The number of carbonyl (C=O) groups excluding carboxylic acids is 2. The van der Waals surface area contributed by atoms with Crippen LogP contribution in [0, 0.1) is 11.8 Å². The average Bonchev–Trinajstić information content (AvgIpc) is 3.03. The largest absolute Gasteiger partial charge is 0.384 e. The van der Waals surface area contributed by atoms with Crippen LogP contribution in [0.25, 0.3) is 0 Å². The lowest BCUT2D eigenvalue weighted by molar-refractivity contribution is -0.129. The third-order valence-electron chi connectivity index (χ3n) is 6.43. The number of fused-ring (bicyclic) bond motifs is 2. The lowest BCUT2D eigenvalue weighted by Gasteiger charge is -2.30. The third-order valence-corrected chi connectivity index (χ3v) is 6.66. The van der Waals surface area contributed by atoms with Gasteiger partial charge >= 0.3 is 0 Å². The summed E-state index contributed by atoms with van der Waals surface area (Å²) in [7, 11) is 0. The zero-order chi connectivity index (χ0) is 20.9. The number of amides is 1. The van der Waals surface area contributed by atoms with E-state index >= 15 is 0 Å². The Hall–Kier alpha value is -2.95. The van der Waals surface area contributed by atoms with Crippen LogP contribution in [0.5, 0.6) is 0 Å². The topological polar surface area (TPSA) is 66.4 Å². The highest BCUT2D eigenvalue weighted by Crippen LogP contribution is 2.56. The minimum atomic E-state index is -1.52. The van der Waals surface area contributed by atoms with Crippen LogP contribution in [0.1, 0.15) is 33.8 Å². The summed E-state index contributed by atoms with van der Waals surface area (Å²) in [4.78, 5) is 27.1. The molecule has 0 radical (unpaired) electrons. The maximum atomic E-state index is 13.7. The molecule has 5 heteroatoms. The summed E-state index contributed by atoms with van der Waals surface area (Å²) in [6, 6.07) is 23.6. The molecule has 1 aliphatic carbocycles. The van der Waals surface area contributed by atoms with Crippen molar-refractivity contribution < 1.29 is 14.7 Å². The number of Topliss-reactive ketones (excluding diaryl/α,β-unsaturated/α-hetero) is 1. The van der Waals surface area contributed by atoms with Crippen molar-refractivity contribution >= 4 is 29.0 Å². The van der Waals surface area contributed by atoms with E-state index in [-0.39, 0.29) is 24.0 Å². The Balaban J connectivity index is 1.72. The number of nitrogens with one attached hydrogen (secondary N) is 1. The molecule has 3 aromatic rings. The number of rotatable bonds is 2. The molecule has 2 N–H and O–H groups in total. The van der Waals surface area contributed by atoms with E-state index in [4.69, 9.17) is 11.6 Å². The number of para-hydroxylation sites is 1. The van der Waals surface area contributed by atoms with Crippen LogP contribution in [0.4, 0.5) is 5.69 Å². The maximum Gasteiger partial charge on any atom is 0.231 e. The number of ketones is 1. The molecule has 0 bridgehead atoms. The van der Waals surface area contributed by atoms with Crippen molar-refractivity contribution in [1.82, 2.24) is 0 Å². The van der Waals surface area contributed by atoms with Crippen LogP contribution in [0.15, 0.2) is 78.9 Å². The Bertz CT molecular complexity index is 1150. The number of hydrogen-bond donors (Lipinski definition) is 2. The summed E-state index contributed by atoms with van der Waals surface area (Å²) < 4.78 is 0. The summed E-state index contributed by atoms with van der Waals surface area (Å²) in [5.74, 6) is -2.38. The Morgan fingerprint density at radius 2 is 1.67 bits per heavy atom. The van der Waals surface area contributed by atoms with Gasteiger partial charge in [0.15, 0.2) is 5.78 Å². The standard InChI is InChI=1S/C25H20ClNO3/c26-17-10-6-9-16(13-17)25(30)14-19(15-7-2-1-3-8-15)21-22(25)24(29)27-20-12-5-4-11-18(20)23(21)28/h1-13,19,21-22,30H,14H2,(H,27,29)/t19-,21-,22-,25+/m1/s1. The predicted molar refractivity (Wildman–Crippen MR) is 116 cm³/mol. The highest BCUT2D eigenvalue weighted by atomic mass is 35.5. The van der Waals surface area contributed by atoms with Gasteiger partial charge in [-0.05, 0) is 47.7 Å². The number of carbonyl (C=O) groups is 2. The zero-order valence-corrected chi connectivity index (χ0v) is 16.8. The molecule has 3 aromatic carbocycles. The molecular formula is C25H20ClNO3. The third kappa shape index (κ3) is 2.87. The van der Waals surface area contributed by atoms with Crippen LogP contribution < -0.4 is 5.32 Å². The number of benzene rings is 3. The summed E-state index contributed by atoms with van der Waals surface area (Å²) in [5.41, 5.74) is 0.942. The van der Waals surface area contributed by atoms with Gasteiger partial charge in [0.1, 0.15) is 5.60 Å². The Morgan fingerprint density at radius 1 is 0.933 bits per heavy atom. The molecule has 1 heterocycles. The van der Waals surface area contributed by atoms with Crippen LogP contribution >= 0.6 is 11.6 Å². The molecule has 150 valence electrons. The molecule has 0 unspecified atom stereocenters. The van der Waals surface area contributed by atoms with Gasteiger partial charge in [0.2, 0.25) is 5.91 Å². The molecule has 4 nitrogen and oxygen atoms in total. The fourth-order valence-electron chi connectivity index (χ4n) is 5.11. The lowest BCUT2D eigenvalue weighted by Crippen LogP contribution is -2.41. The Kier molecular flexibility index (Phi) is 4.49. The van der Waals surface area contributed by atoms with Crippen LogP contribution in [-0.2, 0) is 10.4 Å². The van der Waals surface area contributed by atoms with E-state index in [2.05, 4.69) is 5.32 Å². The van der Waals surface area contributed by atoms with Crippen molar-refractivity contribution in [3.63, 3.8) is 0 Å². The molecule has 4 atom stereocenters. The Labute approximate surface area is 179 Å². The van der Waals surface area contributed by atoms with Gasteiger partial charge < -0.3 is 10.4 Å². The van der Waals surface area contributed by atoms with Gasteiger partial charge in [-0.3, -0.25) is 9.59 Å². The smallest absolute Gasteiger partial charge is 0.231 e. The molecule has 1 saturated carbocycles. The molecule has 0 aromatic heterocycles. The first-order valence-electron chi connectivity index (χ1n) is 9.96. The summed E-state index contributed by atoms with van der Waals surface area (Å²) >= 11 is 6.21. The van der Waals surface area contributed by atoms with Crippen LogP contribution in [-0.4, -0.2) is 16.8 Å². The predicted octanol–water partition coefficient (Wildman–Crippen LogP) is 4.78. The van der Waals surface area contributed by atoms with E-state index in [1.807, 2.05) is 30.3 Å². The van der Waals surface area contributed by atoms with Gasteiger partial charge in [-0.1, -0.05) is 66.2 Å². The van der Waals surface area contributed by atoms with Crippen molar-refractivity contribution in [3.05, 3.63) is 101 Å². The summed E-state index contributed by atoms with van der Waals surface area (Å²) in [5, 5.41) is 15.3. The normalized spacial score (nSPS) is 27.7. The monoisotopic (exact) mass is 417 g/mol. The van der Waals surface area contributed by atoms with Crippen LogP contribution in [0.2, 0.25) is 5.02 Å². The van der Waals surface area contributed by atoms with E-state index in [0.717, 1.165) is 5.56 Å². The molecule has 2 aliphatic rings. The number of halogens is 1. The van der Waals surface area contributed by atoms with E-state index in [1.165, 1.54) is 0 Å². The van der Waals surface area contributed by atoms with E-state index < -0.39 is 17.4 Å². The quantitative estimate of drug-likeness (QED) is 0.630. The highest BCUT2D eigenvalue weighted by molar-refractivity contribution is 6.30. The Morgan fingerprint density at radius 3 is 2.43 bits per heavy atom. The molecule has 30 heavy (non-hydrogen) atoms. The highest BCUT2D eigenvalue weighted by Gasteiger charge is 2.60. The minimum absolute atomic E-state index is 0.124. The second-order valence-corrected chi connectivity index (χ2v) is 8.49. The average molecular weight is 418 g/mol. The second-order valence-electron chi connectivity index (χ2n) is 8.06. The SMILES string of the molecule is O=C1c2ccccc2NC(=O)[C@H]2[C@H]1[C@@H](c1ccccc1)C[C@]2(O)c1cccc(Cl)c1. The maximum absolute atomic E-state index is 13.7. The van der Waals surface area contributed by atoms with Crippen molar-refractivity contribution in [1.29, 1.82) is 0 Å². The van der Waals surface area contributed by atoms with Gasteiger partial charge in [0.05, 0.1) is 11.6 Å². The molecule has 1 aliphatic heterocycles. The number of anilines is 1. The number of hydrogen-bond acceptors (Lipinski definition) is 3. The van der Waals surface area contributed by atoms with Gasteiger partial charge in [-0.15, -0.1) is 0 Å². The van der Waals surface area contributed by atoms with Crippen molar-refractivity contribution in [2.24, 2.45) is 11.8 Å². The van der Waals surface area contributed by atoms with Gasteiger partial charge in [-0.2, -0.15) is 0 Å². The van der Waals surface area contributed by atoms with Crippen LogP contribution in [0.3, 0.4) is 0 Å². The first-order valence-corrected chi connectivity index (χ1v) is 10.3.